The third kappa shape index (κ3) is 5.08. The van der Waals surface area contributed by atoms with Crippen LogP contribution in [-0.2, 0) is 11.3 Å². The number of benzene rings is 1. The Hall–Kier alpha value is -1.39. The highest BCUT2D eigenvalue weighted by atomic mass is 16.5. The van der Waals surface area contributed by atoms with Crippen molar-refractivity contribution in [3.05, 3.63) is 35.4 Å². The Kier molecular flexibility index (Phi) is 7.09. The molecule has 0 radical (unpaired) electrons. The number of amides is 1. The van der Waals surface area contributed by atoms with Gasteiger partial charge in [-0.05, 0) is 69.3 Å². The normalized spacial score (nSPS) is 18.3. The fraction of sp³-hybridized carbons (Fsp3) is 0.682. The summed E-state index contributed by atoms with van der Waals surface area (Å²) < 4.78 is 5.49. The Morgan fingerprint density at radius 1 is 0.962 bits per heavy atom. The third-order valence-corrected chi connectivity index (χ3v) is 5.45. The summed E-state index contributed by atoms with van der Waals surface area (Å²) >= 11 is 0. The fourth-order valence-electron chi connectivity index (χ4n) is 4.01. The van der Waals surface area contributed by atoms with Crippen LogP contribution in [0.4, 0.5) is 0 Å². The van der Waals surface area contributed by atoms with Crippen LogP contribution in [0.2, 0.25) is 0 Å². The predicted octanol–water partition coefficient (Wildman–Crippen LogP) is 4.09. The summed E-state index contributed by atoms with van der Waals surface area (Å²) in [4.78, 5) is 17.8. The molecule has 1 saturated heterocycles. The van der Waals surface area contributed by atoms with Crippen molar-refractivity contribution < 1.29 is 9.53 Å². The quantitative estimate of drug-likeness (QED) is 0.666. The van der Waals surface area contributed by atoms with E-state index in [1.807, 2.05) is 12.1 Å². The van der Waals surface area contributed by atoms with Gasteiger partial charge >= 0.3 is 0 Å². The highest BCUT2D eigenvalue weighted by molar-refractivity contribution is 5.94. The van der Waals surface area contributed by atoms with Crippen molar-refractivity contribution >= 4 is 5.91 Å². The molecule has 0 N–H and O–H groups in total. The molecule has 0 bridgehead atoms. The minimum absolute atomic E-state index is 0.213. The lowest BCUT2D eigenvalue weighted by Crippen LogP contribution is -2.44. The van der Waals surface area contributed by atoms with Gasteiger partial charge in [-0.2, -0.15) is 0 Å². The predicted molar refractivity (Wildman–Crippen MR) is 105 cm³/mol. The molecule has 1 aromatic rings. The molecule has 0 aromatic heterocycles. The van der Waals surface area contributed by atoms with Crippen LogP contribution < -0.4 is 0 Å². The number of hydrogen-bond acceptors (Lipinski definition) is 3. The van der Waals surface area contributed by atoms with E-state index in [-0.39, 0.29) is 5.91 Å². The largest absolute Gasteiger partial charge is 0.381 e. The summed E-state index contributed by atoms with van der Waals surface area (Å²) in [6, 6.07) is 9.15. The van der Waals surface area contributed by atoms with Gasteiger partial charge in [0.15, 0.2) is 0 Å². The minimum atomic E-state index is 0.213. The van der Waals surface area contributed by atoms with Gasteiger partial charge in [0.25, 0.3) is 5.91 Å². The second-order valence-corrected chi connectivity index (χ2v) is 7.76. The number of hydrogen-bond donors (Lipinski definition) is 0. The molecule has 1 heterocycles. The van der Waals surface area contributed by atoms with Crippen molar-refractivity contribution in [1.29, 1.82) is 0 Å². The standard InChI is InChI=1S/C22H34N2O2/c1-3-13-23(14-4-2)17-18-5-7-19(8-6-18)22(25)24(20-9-10-20)21-11-15-26-16-12-21/h5-8,20-21H,3-4,9-17H2,1-2H3. The smallest absolute Gasteiger partial charge is 0.254 e. The topological polar surface area (TPSA) is 32.8 Å². The lowest BCUT2D eigenvalue weighted by molar-refractivity contribution is 0.0267. The average molecular weight is 359 g/mol. The van der Waals surface area contributed by atoms with E-state index in [1.54, 1.807) is 0 Å². The first-order valence-electron chi connectivity index (χ1n) is 10.4. The summed E-state index contributed by atoms with van der Waals surface area (Å²) in [7, 11) is 0. The molecule has 4 nitrogen and oxygen atoms in total. The van der Waals surface area contributed by atoms with E-state index >= 15 is 0 Å². The first kappa shape index (κ1) is 19.4. The number of rotatable bonds is 9. The Labute approximate surface area is 158 Å². The molecule has 2 aliphatic rings. The molecule has 2 fully saturated rings. The van der Waals surface area contributed by atoms with Crippen LogP contribution >= 0.6 is 0 Å². The van der Waals surface area contributed by atoms with Crippen LogP contribution in [0.25, 0.3) is 0 Å². The van der Waals surface area contributed by atoms with Crippen LogP contribution in [0.15, 0.2) is 24.3 Å². The molecule has 1 amide bonds. The van der Waals surface area contributed by atoms with Gasteiger partial charge in [-0.15, -0.1) is 0 Å². The van der Waals surface area contributed by atoms with Crippen LogP contribution in [0, 0.1) is 0 Å². The van der Waals surface area contributed by atoms with E-state index in [0.29, 0.717) is 12.1 Å². The summed E-state index contributed by atoms with van der Waals surface area (Å²) in [5.74, 6) is 0.213. The molecule has 144 valence electrons. The van der Waals surface area contributed by atoms with Crippen molar-refractivity contribution in [3.63, 3.8) is 0 Å². The zero-order valence-electron chi connectivity index (χ0n) is 16.5. The Morgan fingerprint density at radius 3 is 2.08 bits per heavy atom. The molecule has 26 heavy (non-hydrogen) atoms. The summed E-state index contributed by atoms with van der Waals surface area (Å²) in [6.45, 7) is 9.26. The molecule has 3 rings (SSSR count). The monoisotopic (exact) mass is 358 g/mol. The van der Waals surface area contributed by atoms with Gasteiger partial charge in [-0.3, -0.25) is 9.69 Å². The molecule has 1 saturated carbocycles. The number of carbonyl (C=O) groups excluding carboxylic acids is 1. The van der Waals surface area contributed by atoms with E-state index in [1.165, 1.54) is 18.4 Å². The Bertz CT molecular complexity index is 556. The Morgan fingerprint density at radius 2 is 1.54 bits per heavy atom. The van der Waals surface area contributed by atoms with Crippen molar-refractivity contribution in [2.75, 3.05) is 26.3 Å². The third-order valence-electron chi connectivity index (χ3n) is 5.45. The first-order valence-corrected chi connectivity index (χ1v) is 10.4. The second kappa shape index (κ2) is 9.52. The van der Waals surface area contributed by atoms with Gasteiger partial charge < -0.3 is 9.64 Å². The first-order chi connectivity index (χ1) is 12.7. The van der Waals surface area contributed by atoms with Crippen molar-refractivity contribution in [1.82, 2.24) is 9.80 Å². The molecule has 1 aliphatic heterocycles. The number of carbonyl (C=O) groups is 1. The molecule has 4 heteroatoms. The fourth-order valence-corrected chi connectivity index (χ4v) is 4.01. The molecule has 1 aromatic carbocycles. The Balaban J connectivity index is 1.65. The SMILES string of the molecule is CCCN(CCC)Cc1ccc(C(=O)N(C2CCOCC2)C2CC2)cc1. The minimum Gasteiger partial charge on any atom is -0.381 e. The van der Waals surface area contributed by atoms with Crippen molar-refractivity contribution in [2.45, 2.75) is 71.0 Å². The molecular weight excluding hydrogens is 324 g/mol. The van der Waals surface area contributed by atoms with Crippen LogP contribution in [0.1, 0.15) is 68.3 Å². The van der Waals surface area contributed by atoms with Gasteiger partial charge in [0.05, 0.1) is 0 Å². The van der Waals surface area contributed by atoms with E-state index in [0.717, 1.165) is 64.1 Å². The van der Waals surface area contributed by atoms with E-state index in [9.17, 15) is 4.79 Å². The zero-order chi connectivity index (χ0) is 18.4. The lowest BCUT2D eigenvalue weighted by atomic mass is 10.0. The molecule has 0 spiro atoms. The van der Waals surface area contributed by atoms with Crippen LogP contribution in [0.3, 0.4) is 0 Å². The van der Waals surface area contributed by atoms with Gasteiger partial charge in [-0.25, -0.2) is 0 Å². The van der Waals surface area contributed by atoms with E-state index in [2.05, 4.69) is 35.8 Å². The molecule has 0 atom stereocenters. The van der Waals surface area contributed by atoms with Crippen LogP contribution in [-0.4, -0.2) is 54.1 Å². The van der Waals surface area contributed by atoms with Crippen molar-refractivity contribution in [3.8, 4) is 0 Å². The summed E-state index contributed by atoms with van der Waals surface area (Å²) in [5.41, 5.74) is 2.14. The van der Waals surface area contributed by atoms with Gasteiger partial charge in [0, 0.05) is 37.4 Å². The summed E-state index contributed by atoms with van der Waals surface area (Å²) in [6.07, 6.45) is 6.62. The van der Waals surface area contributed by atoms with Gasteiger partial charge in [0.2, 0.25) is 0 Å². The highest BCUT2D eigenvalue weighted by Crippen LogP contribution is 2.33. The summed E-state index contributed by atoms with van der Waals surface area (Å²) in [5, 5.41) is 0. The maximum atomic E-state index is 13.1. The van der Waals surface area contributed by atoms with Crippen LogP contribution in [0.5, 0.6) is 0 Å². The van der Waals surface area contributed by atoms with Gasteiger partial charge in [-0.1, -0.05) is 26.0 Å². The van der Waals surface area contributed by atoms with E-state index < -0.39 is 0 Å². The highest BCUT2D eigenvalue weighted by Gasteiger charge is 2.38. The second-order valence-electron chi connectivity index (χ2n) is 7.76. The number of ether oxygens (including phenoxy) is 1. The maximum Gasteiger partial charge on any atom is 0.254 e. The molecule has 1 aliphatic carbocycles. The maximum absolute atomic E-state index is 13.1. The number of nitrogens with zero attached hydrogens (tertiary/aromatic N) is 2. The van der Waals surface area contributed by atoms with Crippen molar-refractivity contribution in [2.24, 2.45) is 0 Å². The van der Waals surface area contributed by atoms with Gasteiger partial charge in [0.1, 0.15) is 0 Å². The molecular formula is C22H34N2O2. The zero-order valence-corrected chi connectivity index (χ0v) is 16.5. The lowest BCUT2D eigenvalue weighted by Gasteiger charge is -2.34. The van der Waals surface area contributed by atoms with E-state index in [4.69, 9.17) is 4.74 Å². The molecule has 0 unspecified atom stereocenters. The average Bonchev–Trinajstić information content (AvgIpc) is 3.49.